The second kappa shape index (κ2) is 5.34. The first-order chi connectivity index (χ1) is 9.65. The van der Waals surface area contributed by atoms with E-state index in [9.17, 15) is 9.59 Å². The average Bonchev–Trinajstić information content (AvgIpc) is 2.91. The molecule has 0 N–H and O–H groups in total. The summed E-state index contributed by atoms with van der Waals surface area (Å²) >= 11 is 4.86. The van der Waals surface area contributed by atoms with Crippen LogP contribution in [0.5, 0.6) is 0 Å². The molecule has 20 heavy (non-hydrogen) atoms. The first-order valence-corrected chi connectivity index (χ1v) is 7.68. The minimum absolute atomic E-state index is 0.0566. The van der Waals surface area contributed by atoms with Gasteiger partial charge < -0.3 is 4.57 Å². The van der Waals surface area contributed by atoms with E-state index in [-0.39, 0.29) is 17.9 Å². The van der Waals surface area contributed by atoms with Crippen molar-refractivity contribution in [2.24, 2.45) is 0 Å². The van der Waals surface area contributed by atoms with Crippen LogP contribution in [0.3, 0.4) is 0 Å². The quantitative estimate of drug-likeness (QED) is 0.677. The molecule has 2 heterocycles. The lowest BCUT2D eigenvalue weighted by molar-refractivity contribution is 0.0971. The van der Waals surface area contributed by atoms with Gasteiger partial charge in [-0.15, -0.1) is 11.3 Å². The fourth-order valence-corrected chi connectivity index (χ4v) is 3.21. The number of nitrogens with zero attached hydrogens (tertiary/aromatic N) is 1. The van der Waals surface area contributed by atoms with E-state index in [0.717, 1.165) is 9.17 Å². The summed E-state index contributed by atoms with van der Waals surface area (Å²) in [6.45, 7) is 0.0566. The van der Waals surface area contributed by atoms with Crippen molar-refractivity contribution in [1.29, 1.82) is 0 Å². The second-order valence-corrected chi connectivity index (χ2v) is 6.24. The number of benzene rings is 1. The predicted octanol–water partition coefficient (Wildman–Crippen LogP) is 3.71. The Labute approximate surface area is 127 Å². The van der Waals surface area contributed by atoms with E-state index in [2.05, 4.69) is 15.9 Å². The molecule has 0 atom stereocenters. The highest BCUT2D eigenvalue weighted by Crippen LogP contribution is 2.17. The van der Waals surface area contributed by atoms with Crippen molar-refractivity contribution >= 4 is 43.1 Å². The van der Waals surface area contributed by atoms with Crippen LogP contribution in [-0.4, -0.2) is 10.4 Å². The number of aromatic nitrogens is 1. The third-order valence-electron chi connectivity index (χ3n) is 3.05. The molecule has 0 saturated carbocycles. The molecule has 0 radical (unpaired) electrons. The van der Waals surface area contributed by atoms with Crippen molar-refractivity contribution in [2.45, 2.75) is 6.54 Å². The molecule has 0 spiro atoms. The van der Waals surface area contributed by atoms with Crippen LogP contribution in [0.1, 0.15) is 10.4 Å². The van der Waals surface area contributed by atoms with Gasteiger partial charge in [-0.05, 0) is 29.6 Å². The van der Waals surface area contributed by atoms with Crippen molar-refractivity contribution in [3.05, 3.63) is 68.4 Å². The Kier molecular flexibility index (Phi) is 3.54. The topological polar surface area (TPSA) is 39.1 Å². The lowest BCUT2D eigenvalue weighted by Gasteiger charge is -2.05. The maximum Gasteiger partial charge on any atom is 0.259 e. The summed E-state index contributed by atoms with van der Waals surface area (Å²) in [6, 6.07) is 10.8. The van der Waals surface area contributed by atoms with Crippen LogP contribution in [-0.2, 0) is 6.54 Å². The maximum absolute atomic E-state index is 12.2. The Bertz CT molecular complexity index is 850. The lowest BCUT2D eigenvalue weighted by Crippen LogP contribution is -2.23. The van der Waals surface area contributed by atoms with Gasteiger partial charge in [0, 0.05) is 20.9 Å². The van der Waals surface area contributed by atoms with Crippen molar-refractivity contribution in [3.63, 3.8) is 0 Å². The lowest BCUT2D eigenvalue weighted by atomic mass is 10.1. The fraction of sp³-hybridized carbons (Fsp3) is 0.0667. The molecule has 0 aliphatic rings. The maximum atomic E-state index is 12.2. The van der Waals surface area contributed by atoms with Gasteiger partial charge in [-0.1, -0.05) is 28.1 Å². The van der Waals surface area contributed by atoms with Crippen molar-refractivity contribution in [1.82, 2.24) is 4.57 Å². The monoisotopic (exact) mass is 347 g/mol. The number of carbonyl (C=O) groups excluding carboxylic acids is 1. The van der Waals surface area contributed by atoms with E-state index in [1.54, 1.807) is 24.4 Å². The predicted molar refractivity (Wildman–Crippen MR) is 84.6 cm³/mol. The number of fused-ring (bicyclic) bond motifs is 1. The molecular formula is C15H10BrNO2S. The smallest absolute Gasteiger partial charge is 0.259 e. The van der Waals surface area contributed by atoms with Gasteiger partial charge in [0.05, 0.1) is 11.9 Å². The highest BCUT2D eigenvalue weighted by molar-refractivity contribution is 9.10. The Hall–Kier alpha value is -1.72. The number of pyridine rings is 1. The van der Waals surface area contributed by atoms with E-state index in [1.807, 2.05) is 23.6 Å². The van der Waals surface area contributed by atoms with Crippen molar-refractivity contribution in [3.8, 4) is 0 Å². The number of thiophene rings is 1. The first-order valence-electron chi connectivity index (χ1n) is 6.00. The normalized spacial score (nSPS) is 10.8. The number of hydrogen-bond donors (Lipinski definition) is 0. The summed E-state index contributed by atoms with van der Waals surface area (Å²) in [5, 5.41) is 2.55. The Balaban J connectivity index is 1.95. The Morgan fingerprint density at radius 1 is 1.25 bits per heavy atom. The summed E-state index contributed by atoms with van der Waals surface area (Å²) < 4.78 is 3.25. The zero-order valence-electron chi connectivity index (χ0n) is 10.4. The van der Waals surface area contributed by atoms with E-state index < -0.39 is 0 Å². The highest BCUT2D eigenvalue weighted by atomic mass is 79.9. The largest absolute Gasteiger partial charge is 0.307 e. The SMILES string of the molecule is O=C(Cn1ccc2sccc2c1=O)c1cccc(Br)c1. The van der Waals surface area contributed by atoms with E-state index in [1.165, 1.54) is 15.9 Å². The molecule has 0 amide bonds. The molecule has 5 heteroatoms. The Morgan fingerprint density at radius 3 is 2.90 bits per heavy atom. The summed E-state index contributed by atoms with van der Waals surface area (Å²) in [7, 11) is 0. The van der Waals surface area contributed by atoms with Crippen LogP contribution in [0, 0.1) is 0 Å². The molecule has 3 nitrogen and oxygen atoms in total. The van der Waals surface area contributed by atoms with Crippen LogP contribution < -0.4 is 5.56 Å². The van der Waals surface area contributed by atoms with Crippen LogP contribution in [0.25, 0.3) is 10.1 Å². The average molecular weight is 348 g/mol. The van der Waals surface area contributed by atoms with Crippen molar-refractivity contribution in [2.75, 3.05) is 0 Å². The van der Waals surface area contributed by atoms with Crippen LogP contribution in [0.2, 0.25) is 0 Å². The molecule has 3 rings (SSSR count). The molecule has 0 bridgehead atoms. The summed E-state index contributed by atoms with van der Waals surface area (Å²) in [5.74, 6) is -0.0806. The zero-order chi connectivity index (χ0) is 14.1. The number of carbonyl (C=O) groups is 1. The summed E-state index contributed by atoms with van der Waals surface area (Å²) in [4.78, 5) is 24.4. The standard InChI is InChI=1S/C15H10BrNO2S/c16-11-3-1-2-10(8-11)13(18)9-17-6-4-14-12(15(17)19)5-7-20-14/h1-8H,9H2. The summed E-state index contributed by atoms with van der Waals surface area (Å²) in [5.41, 5.74) is 0.476. The number of hydrogen-bond acceptors (Lipinski definition) is 3. The molecule has 2 aromatic heterocycles. The van der Waals surface area contributed by atoms with Crippen LogP contribution >= 0.6 is 27.3 Å². The van der Waals surface area contributed by atoms with Crippen LogP contribution in [0.15, 0.2) is 57.2 Å². The van der Waals surface area contributed by atoms with Gasteiger partial charge in [0.1, 0.15) is 0 Å². The molecule has 0 aliphatic heterocycles. The van der Waals surface area contributed by atoms with Gasteiger partial charge >= 0.3 is 0 Å². The van der Waals surface area contributed by atoms with E-state index in [4.69, 9.17) is 0 Å². The van der Waals surface area contributed by atoms with Gasteiger partial charge in [-0.2, -0.15) is 0 Å². The van der Waals surface area contributed by atoms with Gasteiger partial charge in [0.15, 0.2) is 5.78 Å². The van der Waals surface area contributed by atoms with Crippen molar-refractivity contribution < 1.29 is 4.79 Å². The minimum Gasteiger partial charge on any atom is -0.307 e. The van der Waals surface area contributed by atoms with Crippen LogP contribution in [0.4, 0.5) is 0 Å². The van der Waals surface area contributed by atoms with Gasteiger partial charge in [-0.25, -0.2) is 0 Å². The zero-order valence-corrected chi connectivity index (χ0v) is 12.8. The molecule has 1 aromatic carbocycles. The molecule has 0 saturated heterocycles. The van der Waals surface area contributed by atoms with Gasteiger partial charge in [-0.3, -0.25) is 9.59 Å². The third-order valence-corrected chi connectivity index (χ3v) is 4.43. The van der Waals surface area contributed by atoms with E-state index >= 15 is 0 Å². The molecule has 100 valence electrons. The molecule has 3 aromatic rings. The first kappa shape index (κ1) is 13.3. The summed E-state index contributed by atoms with van der Waals surface area (Å²) in [6.07, 6.45) is 1.68. The second-order valence-electron chi connectivity index (χ2n) is 4.38. The fourth-order valence-electron chi connectivity index (χ4n) is 2.04. The highest BCUT2D eigenvalue weighted by Gasteiger charge is 2.10. The molecule has 0 unspecified atom stereocenters. The van der Waals surface area contributed by atoms with Gasteiger partial charge in [0.25, 0.3) is 5.56 Å². The number of halogens is 1. The number of Topliss-reactive ketones (excluding diaryl/α,β-unsaturated/α-hetero) is 1. The molecule has 0 aliphatic carbocycles. The number of rotatable bonds is 3. The molecule has 0 fully saturated rings. The number of ketones is 1. The third kappa shape index (κ3) is 2.46. The Morgan fingerprint density at radius 2 is 2.10 bits per heavy atom. The van der Waals surface area contributed by atoms with Gasteiger partial charge in [0.2, 0.25) is 0 Å². The minimum atomic E-state index is -0.118. The molecular weight excluding hydrogens is 338 g/mol. The van der Waals surface area contributed by atoms with E-state index in [0.29, 0.717) is 10.9 Å².